The highest BCUT2D eigenvalue weighted by molar-refractivity contribution is 7.17. The first-order valence-corrected chi connectivity index (χ1v) is 8.27. The van der Waals surface area contributed by atoms with E-state index < -0.39 is 6.10 Å². The standard InChI is InChI=1S/C17H16N4O2S/c1-11-16(20-10-18-8-15(20)24-11)17(22)12-7-19-21(9-12)13-3-5-14(23-2)6-4-13/h3-10,17,22H,1-2H3. The van der Waals surface area contributed by atoms with Crippen molar-refractivity contribution in [1.82, 2.24) is 19.2 Å². The minimum Gasteiger partial charge on any atom is -0.497 e. The molecule has 7 heteroatoms. The summed E-state index contributed by atoms with van der Waals surface area (Å²) >= 11 is 1.62. The maximum absolute atomic E-state index is 10.8. The highest BCUT2D eigenvalue weighted by Gasteiger charge is 2.20. The predicted molar refractivity (Wildman–Crippen MR) is 92.0 cm³/mol. The van der Waals surface area contributed by atoms with Gasteiger partial charge in [-0.25, -0.2) is 9.67 Å². The van der Waals surface area contributed by atoms with Gasteiger partial charge in [0.25, 0.3) is 0 Å². The number of ether oxygens (including phenoxy) is 1. The van der Waals surface area contributed by atoms with Crippen LogP contribution in [0.3, 0.4) is 0 Å². The van der Waals surface area contributed by atoms with Crippen LogP contribution in [-0.4, -0.2) is 31.4 Å². The van der Waals surface area contributed by atoms with Crippen LogP contribution in [-0.2, 0) is 0 Å². The number of nitrogens with zero attached hydrogens (tertiary/aromatic N) is 4. The van der Waals surface area contributed by atoms with Crippen molar-refractivity contribution in [2.24, 2.45) is 0 Å². The Morgan fingerprint density at radius 1 is 1.21 bits per heavy atom. The van der Waals surface area contributed by atoms with Crippen molar-refractivity contribution in [2.75, 3.05) is 7.11 Å². The fourth-order valence-corrected chi connectivity index (χ4v) is 3.74. The summed E-state index contributed by atoms with van der Waals surface area (Å²) < 4.78 is 8.83. The van der Waals surface area contributed by atoms with Gasteiger partial charge in [-0.1, -0.05) is 0 Å². The highest BCUT2D eigenvalue weighted by Crippen LogP contribution is 2.31. The molecule has 3 aromatic heterocycles. The van der Waals surface area contributed by atoms with Gasteiger partial charge in [0.05, 0.1) is 30.9 Å². The van der Waals surface area contributed by atoms with E-state index in [-0.39, 0.29) is 0 Å². The number of benzene rings is 1. The monoisotopic (exact) mass is 340 g/mol. The van der Waals surface area contributed by atoms with E-state index in [0.717, 1.165) is 32.4 Å². The molecular formula is C17H16N4O2S. The van der Waals surface area contributed by atoms with E-state index >= 15 is 0 Å². The fraction of sp³-hybridized carbons (Fsp3) is 0.176. The van der Waals surface area contributed by atoms with Gasteiger partial charge in [-0.3, -0.25) is 4.40 Å². The number of rotatable bonds is 4. The minimum absolute atomic E-state index is 0.738. The van der Waals surface area contributed by atoms with Crippen molar-refractivity contribution >= 4 is 16.2 Å². The van der Waals surface area contributed by atoms with Gasteiger partial charge in [0, 0.05) is 16.6 Å². The van der Waals surface area contributed by atoms with Gasteiger partial charge in [0.2, 0.25) is 0 Å². The van der Waals surface area contributed by atoms with Crippen LogP contribution in [0, 0.1) is 6.92 Å². The van der Waals surface area contributed by atoms with Gasteiger partial charge in [-0.05, 0) is 31.2 Å². The maximum Gasteiger partial charge on any atom is 0.124 e. The van der Waals surface area contributed by atoms with Crippen LogP contribution in [0.4, 0.5) is 0 Å². The van der Waals surface area contributed by atoms with Gasteiger partial charge in [-0.15, -0.1) is 11.3 Å². The van der Waals surface area contributed by atoms with E-state index in [9.17, 15) is 5.11 Å². The molecule has 1 N–H and O–H groups in total. The van der Waals surface area contributed by atoms with Crippen LogP contribution in [0.2, 0.25) is 0 Å². The Morgan fingerprint density at radius 2 is 2.00 bits per heavy atom. The third-order valence-electron chi connectivity index (χ3n) is 4.00. The Bertz CT molecular complexity index is 984. The SMILES string of the molecule is COc1ccc(-n2cc(C(O)c3c(C)sc4cncn34)cn2)cc1. The molecule has 122 valence electrons. The first-order chi connectivity index (χ1) is 11.7. The number of imidazole rings is 1. The summed E-state index contributed by atoms with van der Waals surface area (Å²) in [5.74, 6) is 0.794. The molecule has 6 nitrogen and oxygen atoms in total. The normalized spacial score (nSPS) is 12.6. The molecule has 0 fully saturated rings. The lowest BCUT2D eigenvalue weighted by Crippen LogP contribution is -2.03. The van der Waals surface area contributed by atoms with Crippen molar-refractivity contribution in [3.63, 3.8) is 0 Å². The van der Waals surface area contributed by atoms with E-state index in [1.54, 1.807) is 41.8 Å². The highest BCUT2D eigenvalue weighted by atomic mass is 32.1. The van der Waals surface area contributed by atoms with E-state index in [0.29, 0.717) is 0 Å². The number of fused-ring (bicyclic) bond motifs is 1. The molecule has 4 aromatic rings. The molecule has 1 unspecified atom stereocenters. The topological polar surface area (TPSA) is 64.6 Å². The zero-order chi connectivity index (χ0) is 16.7. The van der Waals surface area contributed by atoms with Crippen LogP contribution in [0.1, 0.15) is 22.2 Å². The Morgan fingerprint density at radius 3 is 2.75 bits per heavy atom. The molecular weight excluding hydrogens is 324 g/mol. The average molecular weight is 340 g/mol. The second-order valence-corrected chi connectivity index (χ2v) is 6.70. The zero-order valence-corrected chi connectivity index (χ0v) is 14.1. The van der Waals surface area contributed by atoms with Gasteiger partial charge < -0.3 is 9.84 Å². The number of methoxy groups -OCH3 is 1. The number of hydrogen-bond donors (Lipinski definition) is 1. The maximum atomic E-state index is 10.8. The summed E-state index contributed by atoms with van der Waals surface area (Å²) in [4.78, 5) is 6.22. The molecule has 4 rings (SSSR count). The summed E-state index contributed by atoms with van der Waals surface area (Å²) in [6, 6.07) is 7.61. The Labute approximate surface area is 142 Å². The number of aryl methyl sites for hydroxylation is 1. The summed E-state index contributed by atoms with van der Waals surface area (Å²) in [6.07, 6.45) is 6.31. The van der Waals surface area contributed by atoms with Crippen LogP contribution >= 0.6 is 11.3 Å². The first kappa shape index (κ1) is 14.9. The van der Waals surface area contributed by atoms with Gasteiger partial charge in [-0.2, -0.15) is 5.10 Å². The molecule has 0 aliphatic carbocycles. The molecule has 0 saturated heterocycles. The summed E-state index contributed by atoms with van der Waals surface area (Å²) in [6.45, 7) is 2.00. The van der Waals surface area contributed by atoms with Crippen molar-refractivity contribution in [3.8, 4) is 11.4 Å². The number of hydrogen-bond acceptors (Lipinski definition) is 5. The first-order valence-electron chi connectivity index (χ1n) is 7.46. The van der Waals surface area contributed by atoms with E-state index in [1.807, 2.05) is 41.8 Å². The molecule has 24 heavy (non-hydrogen) atoms. The van der Waals surface area contributed by atoms with Crippen molar-refractivity contribution in [1.29, 1.82) is 0 Å². The number of aromatic nitrogens is 4. The molecule has 0 saturated carbocycles. The largest absolute Gasteiger partial charge is 0.497 e. The third-order valence-corrected chi connectivity index (χ3v) is 5.02. The molecule has 0 radical (unpaired) electrons. The lowest BCUT2D eigenvalue weighted by molar-refractivity contribution is 0.214. The fourth-order valence-electron chi connectivity index (χ4n) is 2.75. The molecule has 0 amide bonds. The smallest absolute Gasteiger partial charge is 0.124 e. The number of aliphatic hydroxyl groups excluding tert-OH is 1. The average Bonchev–Trinajstić information content (AvgIpc) is 3.30. The van der Waals surface area contributed by atoms with Crippen LogP contribution in [0.25, 0.3) is 10.5 Å². The third kappa shape index (κ3) is 2.38. The second-order valence-electron chi connectivity index (χ2n) is 5.46. The summed E-state index contributed by atoms with van der Waals surface area (Å²) in [7, 11) is 1.64. The lowest BCUT2D eigenvalue weighted by Gasteiger charge is -2.09. The molecule has 0 bridgehead atoms. The number of thiazole rings is 1. The van der Waals surface area contributed by atoms with E-state index in [2.05, 4.69) is 10.1 Å². The molecule has 1 aromatic carbocycles. The molecule has 3 heterocycles. The van der Waals surface area contributed by atoms with Gasteiger partial charge in [0.15, 0.2) is 0 Å². The molecule has 0 aliphatic heterocycles. The van der Waals surface area contributed by atoms with Gasteiger partial charge >= 0.3 is 0 Å². The van der Waals surface area contributed by atoms with Crippen molar-refractivity contribution in [3.05, 3.63) is 65.3 Å². The molecule has 1 atom stereocenters. The summed E-state index contributed by atoms with van der Waals surface area (Å²) in [5, 5.41) is 15.2. The zero-order valence-electron chi connectivity index (χ0n) is 13.2. The molecule has 0 aliphatic rings. The Kier molecular flexibility index (Phi) is 3.59. The van der Waals surface area contributed by atoms with Crippen LogP contribution in [0.15, 0.2) is 49.2 Å². The van der Waals surface area contributed by atoms with Crippen molar-refractivity contribution < 1.29 is 9.84 Å². The minimum atomic E-state index is -0.750. The van der Waals surface area contributed by atoms with E-state index in [4.69, 9.17) is 4.74 Å². The Hall–Kier alpha value is -2.64. The second kappa shape index (κ2) is 5.77. The van der Waals surface area contributed by atoms with Crippen molar-refractivity contribution in [2.45, 2.75) is 13.0 Å². The van der Waals surface area contributed by atoms with E-state index in [1.165, 1.54) is 0 Å². The quantitative estimate of drug-likeness (QED) is 0.620. The lowest BCUT2D eigenvalue weighted by atomic mass is 10.1. The van der Waals surface area contributed by atoms with Crippen LogP contribution < -0.4 is 4.74 Å². The Balaban J connectivity index is 1.68. The predicted octanol–water partition coefficient (Wildman–Crippen LogP) is 2.98. The van der Waals surface area contributed by atoms with Crippen LogP contribution in [0.5, 0.6) is 5.75 Å². The van der Waals surface area contributed by atoms with Gasteiger partial charge in [0.1, 0.15) is 23.0 Å². The summed E-state index contributed by atoms with van der Waals surface area (Å²) in [5.41, 5.74) is 2.48. The molecule has 0 spiro atoms. The number of aliphatic hydroxyl groups is 1.